The zero-order chi connectivity index (χ0) is 24.5. The molecular weight excluding hydrogens is 460 g/mol. The first-order valence-corrected chi connectivity index (χ1v) is 13.0. The van der Waals surface area contributed by atoms with E-state index in [-0.39, 0.29) is 5.75 Å². The topological polar surface area (TPSA) is 105 Å². The van der Waals surface area contributed by atoms with Gasteiger partial charge in [-0.15, -0.1) is 0 Å². The number of benzene rings is 4. The van der Waals surface area contributed by atoms with E-state index >= 15 is 0 Å². The SMILES string of the molecule is Nc1ccccc1Oc1ccc(C2(c3ccc(Oc4ccccc4N)cc3)CCCS2(=O)=O)cc1. The van der Waals surface area contributed by atoms with Crippen LogP contribution in [0.3, 0.4) is 0 Å². The quantitative estimate of drug-likeness (QED) is 0.329. The second-order valence-corrected chi connectivity index (χ2v) is 10.9. The highest BCUT2D eigenvalue weighted by atomic mass is 32.2. The monoisotopic (exact) mass is 486 g/mol. The maximum Gasteiger partial charge on any atom is 0.164 e. The summed E-state index contributed by atoms with van der Waals surface area (Å²) < 4.78 is 37.5. The average molecular weight is 487 g/mol. The molecule has 0 amide bonds. The molecule has 4 N–H and O–H groups in total. The molecule has 1 heterocycles. The van der Waals surface area contributed by atoms with Gasteiger partial charge in [-0.05, 0) is 72.5 Å². The minimum absolute atomic E-state index is 0.143. The van der Waals surface area contributed by atoms with Crippen molar-refractivity contribution >= 4 is 21.2 Å². The molecule has 6 nitrogen and oxygen atoms in total. The number of rotatable bonds is 6. The van der Waals surface area contributed by atoms with Crippen molar-refractivity contribution in [2.45, 2.75) is 17.6 Å². The third kappa shape index (κ3) is 4.19. The van der Waals surface area contributed by atoms with Crippen LogP contribution >= 0.6 is 0 Å². The molecule has 7 heteroatoms. The van der Waals surface area contributed by atoms with E-state index in [0.717, 1.165) is 0 Å². The van der Waals surface area contributed by atoms with Crippen LogP contribution in [-0.2, 0) is 14.6 Å². The molecule has 1 aliphatic rings. The van der Waals surface area contributed by atoms with Crippen molar-refractivity contribution in [2.75, 3.05) is 17.2 Å². The normalized spacial score (nSPS) is 16.0. The lowest BCUT2D eigenvalue weighted by atomic mass is 9.87. The van der Waals surface area contributed by atoms with E-state index in [4.69, 9.17) is 20.9 Å². The van der Waals surface area contributed by atoms with Crippen molar-refractivity contribution in [3.63, 3.8) is 0 Å². The van der Waals surface area contributed by atoms with Gasteiger partial charge in [-0.2, -0.15) is 0 Å². The number of nitrogens with two attached hydrogens (primary N) is 2. The zero-order valence-electron chi connectivity index (χ0n) is 19.1. The predicted molar refractivity (Wildman–Crippen MR) is 139 cm³/mol. The number of sulfone groups is 1. The Morgan fingerprint density at radius 3 is 1.43 bits per heavy atom. The van der Waals surface area contributed by atoms with Crippen LogP contribution in [0.2, 0.25) is 0 Å². The number of anilines is 2. The molecule has 35 heavy (non-hydrogen) atoms. The average Bonchev–Trinajstić information content (AvgIpc) is 3.18. The van der Waals surface area contributed by atoms with Gasteiger partial charge in [-0.25, -0.2) is 8.42 Å². The zero-order valence-corrected chi connectivity index (χ0v) is 19.9. The van der Waals surface area contributed by atoms with E-state index in [1.54, 1.807) is 48.5 Å². The van der Waals surface area contributed by atoms with Gasteiger partial charge in [0.15, 0.2) is 9.84 Å². The third-order valence-electron chi connectivity index (χ3n) is 6.41. The molecule has 0 atom stereocenters. The lowest BCUT2D eigenvalue weighted by Crippen LogP contribution is -2.33. The van der Waals surface area contributed by atoms with Gasteiger partial charge in [0.05, 0.1) is 17.1 Å². The van der Waals surface area contributed by atoms with Crippen molar-refractivity contribution in [2.24, 2.45) is 0 Å². The lowest BCUT2D eigenvalue weighted by molar-refractivity contribution is 0.483. The van der Waals surface area contributed by atoms with Crippen LogP contribution in [0, 0.1) is 0 Å². The van der Waals surface area contributed by atoms with Gasteiger partial charge < -0.3 is 20.9 Å². The molecule has 1 fully saturated rings. The highest BCUT2D eigenvalue weighted by Gasteiger charge is 2.50. The number of para-hydroxylation sites is 4. The van der Waals surface area contributed by atoms with Gasteiger partial charge in [0.2, 0.25) is 0 Å². The number of hydrogen-bond donors (Lipinski definition) is 2. The van der Waals surface area contributed by atoms with Crippen LogP contribution in [0.15, 0.2) is 97.1 Å². The minimum atomic E-state index is -3.43. The summed E-state index contributed by atoms with van der Waals surface area (Å²) in [6.07, 6.45) is 1.10. The van der Waals surface area contributed by atoms with E-state index in [2.05, 4.69) is 0 Å². The summed E-state index contributed by atoms with van der Waals surface area (Å²) in [5, 5.41) is 0. The molecule has 1 aliphatic heterocycles. The smallest absolute Gasteiger partial charge is 0.164 e. The molecule has 0 saturated carbocycles. The van der Waals surface area contributed by atoms with Gasteiger partial charge in [-0.1, -0.05) is 48.5 Å². The molecule has 178 valence electrons. The highest BCUT2D eigenvalue weighted by Crippen LogP contribution is 2.48. The van der Waals surface area contributed by atoms with Crippen molar-refractivity contribution < 1.29 is 17.9 Å². The Morgan fingerprint density at radius 1 is 0.629 bits per heavy atom. The molecule has 0 bridgehead atoms. The molecule has 0 aromatic heterocycles. The number of nitrogen functional groups attached to an aromatic ring is 2. The molecule has 0 spiro atoms. The Labute approximate surface area is 205 Å². The lowest BCUT2D eigenvalue weighted by Gasteiger charge is -2.29. The summed E-state index contributed by atoms with van der Waals surface area (Å²) >= 11 is 0. The molecule has 0 radical (unpaired) electrons. The Morgan fingerprint density at radius 2 is 1.06 bits per heavy atom. The highest BCUT2D eigenvalue weighted by molar-refractivity contribution is 7.92. The first-order valence-electron chi connectivity index (χ1n) is 11.4. The van der Waals surface area contributed by atoms with Crippen LogP contribution in [-0.4, -0.2) is 14.2 Å². The largest absolute Gasteiger partial charge is 0.455 e. The van der Waals surface area contributed by atoms with Gasteiger partial charge in [0.25, 0.3) is 0 Å². The van der Waals surface area contributed by atoms with Gasteiger partial charge in [0, 0.05) is 0 Å². The van der Waals surface area contributed by atoms with Gasteiger partial charge in [0.1, 0.15) is 27.7 Å². The van der Waals surface area contributed by atoms with Crippen molar-refractivity contribution in [3.8, 4) is 23.0 Å². The Hall–Kier alpha value is -3.97. The summed E-state index contributed by atoms with van der Waals surface area (Å²) in [7, 11) is -3.43. The van der Waals surface area contributed by atoms with Crippen LogP contribution < -0.4 is 20.9 Å². The van der Waals surface area contributed by atoms with E-state index in [0.29, 0.717) is 58.3 Å². The third-order valence-corrected chi connectivity index (χ3v) is 8.97. The van der Waals surface area contributed by atoms with Crippen LogP contribution in [0.25, 0.3) is 0 Å². The van der Waals surface area contributed by atoms with Crippen molar-refractivity contribution in [1.82, 2.24) is 0 Å². The minimum Gasteiger partial charge on any atom is -0.455 e. The predicted octanol–water partition coefficient (Wildman–Crippen LogP) is 5.89. The number of hydrogen-bond acceptors (Lipinski definition) is 6. The van der Waals surface area contributed by atoms with Crippen molar-refractivity contribution in [3.05, 3.63) is 108 Å². The fraction of sp³-hybridized carbons (Fsp3) is 0.143. The summed E-state index contributed by atoms with van der Waals surface area (Å²) in [5.74, 6) is 2.42. The van der Waals surface area contributed by atoms with E-state index in [9.17, 15) is 8.42 Å². The summed E-state index contributed by atoms with van der Waals surface area (Å²) in [6, 6.07) is 28.9. The fourth-order valence-corrected chi connectivity index (χ4v) is 6.96. The summed E-state index contributed by atoms with van der Waals surface area (Å²) in [4.78, 5) is 0. The second-order valence-electron chi connectivity index (χ2n) is 8.58. The van der Waals surface area contributed by atoms with Crippen LogP contribution in [0.1, 0.15) is 24.0 Å². The van der Waals surface area contributed by atoms with Crippen molar-refractivity contribution in [1.29, 1.82) is 0 Å². The molecule has 1 saturated heterocycles. The van der Waals surface area contributed by atoms with Gasteiger partial charge >= 0.3 is 0 Å². The molecule has 0 aliphatic carbocycles. The standard InChI is InChI=1S/C28H26N2O4S/c29-24-6-1-3-8-26(24)33-22-14-10-20(11-15-22)28(18-5-19-35(28,31)32)21-12-16-23(17-13-21)34-27-9-4-2-7-25(27)30/h1-4,6-17H,5,18-19,29-30H2. The molecule has 0 unspecified atom stereocenters. The van der Waals surface area contributed by atoms with Crippen LogP contribution in [0.5, 0.6) is 23.0 Å². The Balaban J connectivity index is 1.47. The fourth-order valence-electron chi connectivity index (χ4n) is 4.64. The Bertz CT molecular complexity index is 1360. The van der Waals surface area contributed by atoms with E-state index in [1.165, 1.54) is 0 Å². The maximum absolute atomic E-state index is 13.4. The summed E-state index contributed by atoms with van der Waals surface area (Å²) in [5.41, 5.74) is 14.4. The van der Waals surface area contributed by atoms with E-state index in [1.807, 2.05) is 48.5 Å². The van der Waals surface area contributed by atoms with Crippen LogP contribution in [0.4, 0.5) is 11.4 Å². The molecule has 5 rings (SSSR count). The maximum atomic E-state index is 13.4. The summed E-state index contributed by atoms with van der Waals surface area (Å²) in [6.45, 7) is 0. The second kappa shape index (κ2) is 9.00. The number of ether oxygens (including phenoxy) is 2. The molecule has 4 aromatic rings. The first-order chi connectivity index (χ1) is 16.9. The van der Waals surface area contributed by atoms with Gasteiger partial charge in [-0.3, -0.25) is 0 Å². The molecular formula is C28H26N2O4S. The first kappa shape index (κ1) is 22.8. The Kier molecular flexibility index (Phi) is 5.86. The molecule has 4 aromatic carbocycles. The van der Waals surface area contributed by atoms with E-state index < -0.39 is 14.6 Å².